The molecule has 0 rings (SSSR count). The number of alkyl halides is 1. The van der Waals surface area contributed by atoms with Crippen LogP contribution in [-0.2, 0) is 4.74 Å². The van der Waals surface area contributed by atoms with Gasteiger partial charge in [-0.2, -0.15) is 0 Å². The molecule has 0 aliphatic carbocycles. The van der Waals surface area contributed by atoms with E-state index in [1.165, 1.54) is 0 Å². The minimum absolute atomic E-state index is 0.224. The van der Waals surface area contributed by atoms with Gasteiger partial charge in [-0.25, -0.2) is 4.79 Å². The lowest BCUT2D eigenvalue weighted by Gasteiger charge is -2.06. The maximum atomic E-state index is 11.6. The molecule has 1 atom stereocenters. The Kier molecular flexibility index (Phi) is 4.91. The summed E-state index contributed by atoms with van der Waals surface area (Å²) in [6.07, 6.45) is 3.12. The average Bonchev–Trinajstić information content (AvgIpc) is 1.97. The quantitative estimate of drug-likeness (QED) is 0.500. The van der Waals surface area contributed by atoms with Crippen LogP contribution >= 0.6 is 0 Å². The topological polar surface area (TPSA) is 46.5 Å². The first-order valence-electron chi connectivity index (χ1n) is 3.12. The van der Waals surface area contributed by atoms with Crippen LogP contribution in [0.4, 0.5) is 9.18 Å². The zero-order valence-corrected chi connectivity index (χ0v) is 5.92. The smallest absolute Gasteiger partial charge is 0.450 e. The average molecular weight is 160 g/mol. The van der Waals surface area contributed by atoms with Crippen molar-refractivity contribution in [2.45, 2.75) is 18.9 Å². The molecule has 0 saturated heterocycles. The Morgan fingerprint density at radius 1 is 1.82 bits per heavy atom. The van der Waals surface area contributed by atoms with Crippen LogP contribution in [0.5, 0.6) is 0 Å². The van der Waals surface area contributed by atoms with Crippen LogP contribution in [0.3, 0.4) is 0 Å². The van der Waals surface area contributed by atoms with Gasteiger partial charge in [0.2, 0.25) is 0 Å². The van der Waals surface area contributed by atoms with Crippen molar-refractivity contribution in [3.05, 3.63) is 0 Å². The van der Waals surface area contributed by atoms with Crippen molar-refractivity contribution in [3.63, 3.8) is 0 Å². The summed E-state index contributed by atoms with van der Waals surface area (Å²) in [6, 6.07) is 0. The van der Waals surface area contributed by atoms with Crippen LogP contribution in [0, 0.1) is 12.3 Å². The molecular formula is C7H9FO3. The number of carboxylic acid groups (broad SMARTS) is 1. The molecule has 4 heteroatoms. The zero-order valence-electron chi connectivity index (χ0n) is 5.92. The minimum Gasteiger partial charge on any atom is -0.450 e. The van der Waals surface area contributed by atoms with E-state index in [4.69, 9.17) is 11.5 Å². The summed E-state index contributed by atoms with van der Waals surface area (Å²) in [5.74, 6) is 2.10. The van der Waals surface area contributed by atoms with Crippen LogP contribution in [0.25, 0.3) is 0 Å². The first kappa shape index (κ1) is 9.76. The van der Waals surface area contributed by atoms with E-state index in [9.17, 15) is 9.18 Å². The minimum atomic E-state index is -1.42. The highest BCUT2D eigenvalue weighted by Gasteiger charge is 2.08. The fraction of sp³-hybridized carbons (Fsp3) is 0.571. The molecule has 1 unspecified atom stereocenters. The number of carbonyl (C=O) groups is 1. The molecule has 0 aliphatic heterocycles. The second kappa shape index (κ2) is 5.54. The Bertz CT molecular complexity index is 162. The predicted octanol–water partition coefficient (Wildman–Crippen LogP) is 1.43. The van der Waals surface area contributed by atoms with Gasteiger partial charge in [0.15, 0.2) is 6.10 Å². The molecule has 11 heavy (non-hydrogen) atoms. The molecule has 0 aromatic carbocycles. The van der Waals surface area contributed by atoms with Gasteiger partial charge in [-0.15, -0.1) is 6.42 Å². The molecule has 0 spiro atoms. The van der Waals surface area contributed by atoms with Gasteiger partial charge in [-0.05, 0) is 12.8 Å². The van der Waals surface area contributed by atoms with Gasteiger partial charge >= 0.3 is 6.16 Å². The lowest BCUT2D eigenvalue weighted by molar-refractivity contribution is 0.0682. The Balaban J connectivity index is 3.60. The monoisotopic (exact) mass is 160 g/mol. The van der Waals surface area contributed by atoms with Crippen molar-refractivity contribution in [2.75, 3.05) is 6.67 Å². The maximum Gasteiger partial charge on any atom is 0.507 e. The summed E-state index contributed by atoms with van der Waals surface area (Å²) in [4.78, 5) is 9.92. The third-order valence-corrected chi connectivity index (χ3v) is 1.03. The third kappa shape index (κ3) is 5.22. The first-order chi connectivity index (χ1) is 5.20. The standard InChI is InChI=1S/C7H9FO3/c1-2-6(4-3-5-8)11-7(9)10/h1,6H,3-5H2,(H,9,10). The fourth-order valence-corrected chi connectivity index (χ4v) is 0.561. The van der Waals surface area contributed by atoms with Crippen LogP contribution in [0.2, 0.25) is 0 Å². The summed E-state index contributed by atoms with van der Waals surface area (Å²) in [5, 5.41) is 8.10. The normalized spacial score (nSPS) is 11.6. The largest absolute Gasteiger partial charge is 0.507 e. The number of rotatable bonds is 4. The summed E-state index contributed by atoms with van der Waals surface area (Å²) < 4.78 is 15.8. The summed E-state index contributed by atoms with van der Waals surface area (Å²) in [6.45, 7) is -0.513. The second-order valence-electron chi connectivity index (χ2n) is 1.87. The van der Waals surface area contributed by atoms with E-state index < -0.39 is 18.9 Å². The number of ether oxygens (including phenoxy) is 1. The Labute approximate surface area is 64.2 Å². The van der Waals surface area contributed by atoms with Gasteiger partial charge in [-0.1, -0.05) is 5.92 Å². The Morgan fingerprint density at radius 3 is 2.82 bits per heavy atom. The number of hydrogen-bond acceptors (Lipinski definition) is 2. The van der Waals surface area contributed by atoms with E-state index in [0.29, 0.717) is 0 Å². The van der Waals surface area contributed by atoms with Gasteiger partial charge in [0.25, 0.3) is 0 Å². The zero-order chi connectivity index (χ0) is 8.69. The van der Waals surface area contributed by atoms with Gasteiger partial charge < -0.3 is 9.84 Å². The van der Waals surface area contributed by atoms with Gasteiger partial charge in [0.05, 0.1) is 6.67 Å². The molecule has 0 fully saturated rings. The van der Waals surface area contributed by atoms with Gasteiger partial charge in [0, 0.05) is 0 Å². The highest BCUT2D eigenvalue weighted by Crippen LogP contribution is 2.01. The molecule has 0 saturated carbocycles. The fourth-order valence-electron chi connectivity index (χ4n) is 0.561. The molecule has 0 heterocycles. The molecule has 0 aromatic rings. The van der Waals surface area contributed by atoms with Crippen molar-refractivity contribution in [1.82, 2.24) is 0 Å². The SMILES string of the molecule is C#CC(CCCF)OC(=O)O. The van der Waals surface area contributed by atoms with Crippen LogP contribution in [0.1, 0.15) is 12.8 Å². The number of terminal acetylenes is 1. The molecule has 0 amide bonds. The van der Waals surface area contributed by atoms with E-state index in [1.807, 2.05) is 0 Å². The highest BCUT2D eigenvalue weighted by molar-refractivity contribution is 5.57. The summed E-state index contributed by atoms with van der Waals surface area (Å²) in [5.41, 5.74) is 0. The molecule has 0 aliphatic rings. The van der Waals surface area contributed by atoms with E-state index >= 15 is 0 Å². The molecule has 0 aromatic heterocycles. The summed E-state index contributed by atoms with van der Waals surface area (Å²) in [7, 11) is 0. The maximum absolute atomic E-state index is 11.6. The summed E-state index contributed by atoms with van der Waals surface area (Å²) >= 11 is 0. The van der Waals surface area contributed by atoms with Crippen LogP contribution in [-0.4, -0.2) is 24.0 Å². The molecule has 62 valence electrons. The lowest BCUT2D eigenvalue weighted by Crippen LogP contribution is -2.14. The molecule has 0 radical (unpaired) electrons. The third-order valence-electron chi connectivity index (χ3n) is 1.03. The predicted molar refractivity (Wildman–Crippen MR) is 36.9 cm³/mol. The molecule has 3 nitrogen and oxygen atoms in total. The highest BCUT2D eigenvalue weighted by atomic mass is 19.1. The van der Waals surface area contributed by atoms with Gasteiger partial charge in [0.1, 0.15) is 0 Å². The molecular weight excluding hydrogens is 151 g/mol. The second-order valence-corrected chi connectivity index (χ2v) is 1.87. The Morgan fingerprint density at radius 2 is 2.45 bits per heavy atom. The number of hydrogen-bond donors (Lipinski definition) is 1. The van der Waals surface area contributed by atoms with Gasteiger partial charge in [-0.3, -0.25) is 4.39 Å². The van der Waals surface area contributed by atoms with E-state index in [0.717, 1.165) is 0 Å². The van der Waals surface area contributed by atoms with Crippen molar-refractivity contribution < 1.29 is 19.0 Å². The van der Waals surface area contributed by atoms with Crippen LogP contribution < -0.4 is 0 Å². The lowest BCUT2D eigenvalue weighted by atomic mass is 10.2. The van der Waals surface area contributed by atoms with E-state index in [-0.39, 0.29) is 12.8 Å². The van der Waals surface area contributed by atoms with Crippen LogP contribution in [0.15, 0.2) is 0 Å². The van der Waals surface area contributed by atoms with Crippen molar-refractivity contribution in [1.29, 1.82) is 0 Å². The molecule has 1 N–H and O–H groups in total. The van der Waals surface area contributed by atoms with E-state index in [2.05, 4.69) is 10.7 Å². The molecule has 0 bridgehead atoms. The Hall–Kier alpha value is -1.24. The van der Waals surface area contributed by atoms with E-state index in [1.54, 1.807) is 0 Å². The first-order valence-corrected chi connectivity index (χ1v) is 3.12. The van der Waals surface area contributed by atoms with Crippen molar-refractivity contribution in [2.24, 2.45) is 0 Å². The number of halogens is 1. The van der Waals surface area contributed by atoms with Crippen molar-refractivity contribution in [3.8, 4) is 12.3 Å². The van der Waals surface area contributed by atoms with Crippen molar-refractivity contribution >= 4 is 6.16 Å².